The van der Waals surface area contributed by atoms with E-state index < -0.39 is 0 Å². The molecule has 2 aromatic heterocycles. The Morgan fingerprint density at radius 1 is 1.05 bits per heavy atom. The molecule has 3 heterocycles. The number of rotatable bonds is 4. The lowest BCUT2D eigenvalue weighted by Crippen LogP contribution is -2.47. The second-order valence-corrected chi connectivity index (χ2v) is 5.04. The highest BCUT2D eigenvalue weighted by molar-refractivity contribution is 5.71. The van der Waals surface area contributed by atoms with E-state index in [0.717, 1.165) is 62.7 Å². The first-order valence-corrected chi connectivity index (χ1v) is 7.12. The van der Waals surface area contributed by atoms with Crippen LogP contribution in [0.5, 0.6) is 0 Å². The molecule has 0 spiro atoms. The lowest BCUT2D eigenvalue weighted by atomic mass is 10.2. The van der Waals surface area contributed by atoms with Crippen LogP contribution in [0.3, 0.4) is 0 Å². The summed E-state index contributed by atoms with van der Waals surface area (Å²) >= 11 is 0. The summed E-state index contributed by atoms with van der Waals surface area (Å²) in [6, 6.07) is 4.03. The fraction of sp³-hybridized carbons (Fsp3) is 0.500. The van der Waals surface area contributed by atoms with E-state index in [4.69, 9.17) is 5.73 Å². The van der Waals surface area contributed by atoms with Crippen LogP contribution in [0.25, 0.3) is 11.2 Å². The molecule has 2 aromatic rings. The van der Waals surface area contributed by atoms with E-state index >= 15 is 0 Å². The van der Waals surface area contributed by atoms with Gasteiger partial charge >= 0.3 is 0 Å². The highest BCUT2D eigenvalue weighted by atomic mass is 15.3. The Balaban J connectivity index is 1.67. The SMILES string of the molecule is NCCCN1CCN(c2ccc3nccnc3n2)CC1. The Hall–Kier alpha value is -1.79. The third kappa shape index (κ3) is 2.86. The third-order valence-corrected chi connectivity index (χ3v) is 3.69. The van der Waals surface area contributed by atoms with Gasteiger partial charge in [0.1, 0.15) is 11.3 Å². The van der Waals surface area contributed by atoms with Gasteiger partial charge in [0.25, 0.3) is 0 Å². The molecule has 106 valence electrons. The van der Waals surface area contributed by atoms with Gasteiger partial charge in [0.15, 0.2) is 5.65 Å². The third-order valence-electron chi connectivity index (χ3n) is 3.69. The summed E-state index contributed by atoms with van der Waals surface area (Å²) in [5, 5.41) is 0. The number of fused-ring (bicyclic) bond motifs is 1. The monoisotopic (exact) mass is 272 g/mol. The first-order chi connectivity index (χ1) is 9.86. The normalized spacial score (nSPS) is 16.8. The molecular weight excluding hydrogens is 252 g/mol. The maximum Gasteiger partial charge on any atom is 0.180 e. The second-order valence-electron chi connectivity index (χ2n) is 5.04. The average Bonchev–Trinajstić information content (AvgIpc) is 2.53. The van der Waals surface area contributed by atoms with E-state index in [9.17, 15) is 0 Å². The van der Waals surface area contributed by atoms with Gasteiger partial charge in [-0.05, 0) is 31.6 Å². The number of pyridine rings is 1. The molecule has 0 aromatic carbocycles. The van der Waals surface area contributed by atoms with Gasteiger partial charge in [-0.2, -0.15) is 0 Å². The predicted octanol–water partition coefficient (Wildman–Crippen LogP) is 0.496. The zero-order valence-corrected chi connectivity index (χ0v) is 11.6. The van der Waals surface area contributed by atoms with Crippen LogP contribution in [0.15, 0.2) is 24.5 Å². The quantitative estimate of drug-likeness (QED) is 0.873. The molecule has 0 atom stereocenters. The smallest absolute Gasteiger partial charge is 0.180 e. The minimum Gasteiger partial charge on any atom is -0.354 e. The van der Waals surface area contributed by atoms with Crippen molar-refractivity contribution in [3.05, 3.63) is 24.5 Å². The number of hydrogen-bond acceptors (Lipinski definition) is 6. The van der Waals surface area contributed by atoms with Crippen molar-refractivity contribution in [1.82, 2.24) is 19.9 Å². The van der Waals surface area contributed by atoms with E-state index in [-0.39, 0.29) is 0 Å². The number of piperazine rings is 1. The van der Waals surface area contributed by atoms with Gasteiger partial charge in [-0.15, -0.1) is 0 Å². The molecule has 1 fully saturated rings. The minimum atomic E-state index is 0.718. The molecule has 6 nitrogen and oxygen atoms in total. The van der Waals surface area contributed by atoms with Gasteiger partial charge < -0.3 is 10.6 Å². The van der Waals surface area contributed by atoms with Crippen molar-refractivity contribution in [2.75, 3.05) is 44.2 Å². The molecule has 0 amide bonds. The Labute approximate surface area is 118 Å². The number of anilines is 1. The van der Waals surface area contributed by atoms with Crippen LogP contribution in [0.2, 0.25) is 0 Å². The molecular formula is C14H20N6. The lowest BCUT2D eigenvalue weighted by Gasteiger charge is -2.35. The summed E-state index contributed by atoms with van der Waals surface area (Å²) in [5.74, 6) is 0.997. The van der Waals surface area contributed by atoms with Gasteiger partial charge in [0, 0.05) is 38.6 Å². The predicted molar refractivity (Wildman–Crippen MR) is 79.7 cm³/mol. The molecule has 1 saturated heterocycles. The summed E-state index contributed by atoms with van der Waals surface area (Å²) in [5.41, 5.74) is 7.12. The van der Waals surface area contributed by atoms with E-state index in [1.165, 1.54) is 0 Å². The van der Waals surface area contributed by atoms with Crippen LogP contribution in [-0.4, -0.2) is 59.1 Å². The molecule has 0 aliphatic carbocycles. The highest BCUT2D eigenvalue weighted by Gasteiger charge is 2.17. The summed E-state index contributed by atoms with van der Waals surface area (Å²) < 4.78 is 0. The summed E-state index contributed by atoms with van der Waals surface area (Å²) in [7, 11) is 0. The van der Waals surface area contributed by atoms with Crippen LogP contribution in [-0.2, 0) is 0 Å². The molecule has 0 radical (unpaired) electrons. The van der Waals surface area contributed by atoms with Crippen LogP contribution >= 0.6 is 0 Å². The maximum absolute atomic E-state index is 5.56. The van der Waals surface area contributed by atoms with Crippen molar-refractivity contribution in [2.45, 2.75) is 6.42 Å². The highest BCUT2D eigenvalue weighted by Crippen LogP contribution is 2.16. The van der Waals surface area contributed by atoms with E-state index in [1.54, 1.807) is 12.4 Å². The van der Waals surface area contributed by atoms with Crippen molar-refractivity contribution in [2.24, 2.45) is 5.73 Å². The van der Waals surface area contributed by atoms with Crippen molar-refractivity contribution < 1.29 is 0 Å². The fourth-order valence-corrected chi connectivity index (χ4v) is 2.54. The maximum atomic E-state index is 5.56. The molecule has 6 heteroatoms. The van der Waals surface area contributed by atoms with Gasteiger partial charge in [0.05, 0.1) is 0 Å². The standard InChI is InChI=1S/C14H20N6/c15-4-1-7-19-8-10-20(11-9-19)13-3-2-12-14(18-13)17-6-5-16-12/h2-3,5-6H,1,4,7-11,15H2. The van der Waals surface area contributed by atoms with Crippen LogP contribution in [0.1, 0.15) is 6.42 Å². The largest absolute Gasteiger partial charge is 0.354 e. The number of nitrogens with zero attached hydrogens (tertiary/aromatic N) is 5. The van der Waals surface area contributed by atoms with Crippen molar-refractivity contribution >= 4 is 17.0 Å². The minimum absolute atomic E-state index is 0.718. The van der Waals surface area contributed by atoms with Crippen molar-refractivity contribution in [3.8, 4) is 0 Å². The topological polar surface area (TPSA) is 71.2 Å². The van der Waals surface area contributed by atoms with Crippen LogP contribution in [0.4, 0.5) is 5.82 Å². The van der Waals surface area contributed by atoms with Crippen molar-refractivity contribution in [3.63, 3.8) is 0 Å². The molecule has 1 aliphatic rings. The Morgan fingerprint density at radius 2 is 1.85 bits per heavy atom. The molecule has 3 rings (SSSR count). The Morgan fingerprint density at radius 3 is 2.65 bits per heavy atom. The van der Waals surface area contributed by atoms with Gasteiger partial charge in [-0.3, -0.25) is 9.88 Å². The summed E-state index contributed by atoms with van der Waals surface area (Å²) in [6.07, 6.45) is 4.45. The Kier molecular flexibility index (Phi) is 4.03. The number of aromatic nitrogens is 3. The molecule has 2 N–H and O–H groups in total. The van der Waals surface area contributed by atoms with Gasteiger partial charge in [-0.25, -0.2) is 9.97 Å². The first kappa shape index (κ1) is 13.2. The van der Waals surface area contributed by atoms with Crippen molar-refractivity contribution in [1.29, 1.82) is 0 Å². The Bertz CT molecular complexity index is 564. The number of hydrogen-bond donors (Lipinski definition) is 1. The first-order valence-electron chi connectivity index (χ1n) is 7.12. The van der Waals surface area contributed by atoms with Gasteiger partial charge in [-0.1, -0.05) is 0 Å². The summed E-state index contributed by atoms with van der Waals surface area (Å²) in [6.45, 7) is 6.01. The van der Waals surface area contributed by atoms with E-state index in [1.807, 2.05) is 12.1 Å². The zero-order valence-electron chi connectivity index (χ0n) is 11.6. The molecule has 1 aliphatic heterocycles. The fourth-order valence-electron chi connectivity index (χ4n) is 2.54. The van der Waals surface area contributed by atoms with Gasteiger partial charge in [0.2, 0.25) is 0 Å². The van der Waals surface area contributed by atoms with E-state index in [2.05, 4.69) is 24.8 Å². The molecule has 20 heavy (non-hydrogen) atoms. The second kappa shape index (κ2) is 6.11. The average molecular weight is 272 g/mol. The van der Waals surface area contributed by atoms with Crippen LogP contribution in [0, 0.1) is 0 Å². The lowest BCUT2D eigenvalue weighted by molar-refractivity contribution is 0.256. The van der Waals surface area contributed by atoms with E-state index in [0.29, 0.717) is 0 Å². The molecule has 0 bridgehead atoms. The van der Waals surface area contributed by atoms with Crippen LogP contribution < -0.4 is 10.6 Å². The summed E-state index contributed by atoms with van der Waals surface area (Å²) in [4.78, 5) is 17.9. The molecule has 0 saturated carbocycles. The molecule has 0 unspecified atom stereocenters. The number of nitrogens with two attached hydrogens (primary N) is 1. The zero-order chi connectivity index (χ0) is 13.8.